The lowest BCUT2D eigenvalue weighted by atomic mass is 9.88. The van der Waals surface area contributed by atoms with Gasteiger partial charge in [0.1, 0.15) is 0 Å². The fourth-order valence-corrected chi connectivity index (χ4v) is 9.38. The van der Waals surface area contributed by atoms with Gasteiger partial charge in [0, 0.05) is 35.5 Å². The molecule has 0 bridgehead atoms. The van der Waals surface area contributed by atoms with Gasteiger partial charge in [0.2, 0.25) is 0 Å². The van der Waals surface area contributed by atoms with E-state index in [4.69, 9.17) is 0 Å². The molecule has 3 aromatic carbocycles. The van der Waals surface area contributed by atoms with Gasteiger partial charge < -0.3 is 9.80 Å². The molecule has 4 fully saturated rings. The van der Waals surface area contributed by atoms with Gasteiger partial charge >= 0.3 is 0 Å². The first-order chi connectivity index (χ1) is 21.8. The van der Waals surface area contributed by atoms with Crippen molar-refractivity contribution in [1.82, 2.24) is 0 Å². The molecule has 0 saturated heterocycles. The van der Waals surface area contributed by atoms with Crippen LogP contribution < -0.4 is 9.80 Å². The number of anilines is 2. The number of nitrogens with zero attached hydrogens (tertiary/aromatic N) is 2. The van der Waals surface area contributed by atoms with Crippen molar-refractivity contribution >= 4 is 11.4 Å². The molecule has 2 heteroatoms. The Morgan fingerprint density at radius 2 is 0.477 bits per heavy atom. The largest absolute Gasteiger partial charge is 0.366 e. The second kappa shape index (κ2) is 14.6. The Hall–Kier alpha value is -2.74. The molecule has 0 spiro atoms. The van der Waals surface area contributed by atoms with Gasteiger partial charge in [-0.3, -0.25) is 0 Å². The highest BCUT2D eigenvalue weighted by atomic mass is 15.2. The molecule has 44 heavy (non-hydrogen) atoms. The third-order valence-electron chi connectivity index (χ3n) is 11.8. The molecule has 0 aromatic heterocycles. The summed E-state index contributed by atoms with van der Waals surface area (Å²) >= 11 is 0. The first kappa shape index (κ1) is 29.9. The Kier molecular flexibility index (Phi) is 9.92. The van der Waals surface area contributed by atoms with Crippen LogP contribution in [-0.2, 0) is 0 Å². The molecule has 4 saturated carbocycles. The third kappa shape index (κ3) is 6.90. The number of benzene rings is 3. The van der Waals surface area contributed by atoms with E-state index in [9.17, 15) is 0 Å². The quantitative estimate of drug-likeness (QED) is 0.258. The van der Waals surface area contributed by atoms with Crippen LogP contribution in [0.5, 0.6) is 0 Å². The van der Waals surface area contributed by atoms with Gasteiger partial charge in [0.15, 0.2) is 0 Å². The summed E-state index contributed by atoms with van der Waals surface area (Å²) in [6.07, 6.45) is 27.9. The van der Waals surface area contributed by atoms with Crippen molar-refractivity contribution < 1.29 is 0 Å². The van der Waals surface area contributed by atoms with Crippen LogP contribution in [0.2, 0.25) is 0 Å². The number of rotatable bonds is 8. The van der Waals surface area contributed by atoms with Crippen molar-refractivity contribution in [1.29, 1.82) is 0 Å². The molecule has 4 aliphatic carbocycles. The maximum Gasteiger partial charge on any atom is 0.0371 e. The monoisotopic (exact) mass is 588 g/mol. The predicted molar refractivity (Wildman–Crippen MR) is 190 cm³/mol. The summed E-state index contributed by atoms with van der Waals surface area (Å²) in [5, 5.41) is 0. The fraction of sp³-hybridized carbons (Fsp3) is 0.571. The van der Waals surface area contributed by atoms with Crippen LogP contribution in [0.4, 0.5) is 11.4 Å². The molecule has 0 aliphatic heterocycles. The molecule has 0 unspecified atom stereocenters. The third-order valence-corrected chi connectivity index (χ3v) is 11.8. The van der Waals surface area contributed by atoms with E-state index in [1.807, 2.05) is 0 Å². The van der Waals surface area contributed by atoms with Crippen molar-refractivity contribution in [3.63, 3.8) is 0 Å². The van der Waals surface area contributed by atoms with E-state index < -0.39 is 0 Å². The Labute approximate surface area is 268 Å². The van der Waals surface area contributed by atoms with Gasteiger partial charge in [-0.2, -0.15) is 0 Å². The molecule has 4 aliphatic rings. The van der Waals surface area contributed by atoms with Crippen LogP contribution in [0.1, 0.15) is 128 Å². The molecule has 3 aromatic rings. The highest BCUT2D eigenvalue weighted by Crippen LogP contribution is 2.37. The molecule has 0 N–H and O–H groups in total. The second-order valence-electron chi connectivity index (χ2n) is 14.7. The Morgan fingerprint density at radius 1 is 0.273 bits per heavy atom. The van der Waals surface area contributed by atoms with Crippen molar-refractivity contribution in [3.8, 4) is 22.3 Å². The lowest BCUT2D eigenvalue weighted by Crippen LogP contribution is -2.45. The molecule has 234 valence electrons. The van der Waals surface area contributed by atoms with Gasteiger partial charge in [-0.15, -0.1) is 0 Å². The Morgan fingerprint density at radius 3 is 0.705 bits per heavy atom. The zero-order valence-electron chi connectivity index (χ0n) is 27.3. The summed E-state index contributed by atoms with van der Waals surface area (Å²) in [6.45, 7) is 0. The maximum atomic E-state index is 2.86. The zero-order chi connectivity index (χ0) is 29.6. The lowest BCUT2D eigenvalue weighted by molar-refractivity contribution is 0.340. The Bertz CT molecular complexity index is 1130. The standard InChI is InChI=1S/C42H56N2/c1-5-13-37(14-6-1)43(38-15-7-2-8-16-38)41-29-25-35(26-30-41)33-21-23-34(24-22-33)36-27-31-42(32-28-36)44(39-17-9-3-10-18-39)40-19-11-4-12-20-40/h21-32,37-40H,1-20H2. The topological polar surface area (TPSA) is 6.48 Å². The number of hydrogen-bond donors (Lipinski definition) is 0. The summed E-state index contributed by atoms with van der Waals surface area (Å²) in [7, 11) is 0. The van der Waals surface area contributed by atoms with Crippen molar-refractivity contribution in [2.24, 2.45) is 0 Å². The summed E-state index contributed by atoms with van der Waals surface area (Å²) < 4.78 is 0. The molecule has 2 nitrogen and oxygen atoms in total. The SMILES string of the molecule is c1cc(-c2ccc(N(C3CCCCC3)C3CCCCC3)cc2)ccc1-c1ccc(N(C2CCCCC2)C2CCCCC2)cc1. The van der Waals surface area contributed by atoms with Crippen molar-refractivity contribution in [2.45, 2.75) is 153 Å². The normalized spacial score (nSPS) is 21.3. The van der Waals surface area contributed by atoms with E-state index in [0.29, 0.717) is 0 Å². The molecule has 0 radical (unpaired) electrons. The predicted octanol–water partition coefficient (Wildman–Crippen LogP) is 12.0. The zero-order valence-corrected chi connectivity index (χ0v) is 27.3. The van der Waals surface area contributed by atoms with Crippen LogP contribution in [0.25, 0.3) is 22.3 Å². The van der Waals surface area contributed by atoms with E-state index in [2.05, 4.69) is 82.6 Å². The average molecular weight is 589 g/mol. The van der Waals surface area contributed by atoms with E-state index >= 15 is 0 Å². The first-order valence-corrected chi connectivity index (χ1v) is 18.7. The summed E-state index contributed by atoms with van der Waals surface area (Å²) in [4.78, 5) is 5.72. The van der Waals surface area contributed by atoms with Crippen molar-refractivity contribution in [3.05, 3.63) is 72.8 Å². The van der Waals surface area contributed by atoms with E-state index in [-0.39, 0.29) is 0 Å². The van der Waals surface area contributed by atoms with Gasteiger partial charge in [0.25, 0.3) is 0 Å². The second-order valence-corrected chi connectivity index (χ2v) is 14.7. The molecule has 0 heterocycles. The van der Waals surface area contributed by atoms with Gasteiger partial charge in [0.05, 0.1) is 0 Å². The highest BCUT2D eigenvalue weighted by Gasteiger charge is 2.30. The smallest absolute Gasteiger partial charge is 0.0371 e. The van der Waals surface area contributed by atoms with Crippen LogP contribution >= 0.6 is 0 Å². The summed E-state index contributed by atoms with van der Waals surface area (Å²) in [5.74, 6) is 0. The minimum absolute atomic E-state index is 0.737. The molecule has 7 rings (SSSR count). The molecular weight excluding hydrogens is 532 g/mol. The van der Waals surface area contributed by atoms with Gasteiger partial charge in [-0.1, -0.05) is 126 Å². The molecule has 0 atom stereocenters. The fourth-order valence-electron chi connectivity index (χ4n) is 9.38. The van der Waals surface area contributed by atoms with Crippen molar-refractivity contribution in [2.75, 3.05) is 9.80 Å². The lowest BCUT2D eigenvalue weighted by Gasteiger charge is -2.43. The first-order valence-electron chi connectivity index (χ1n) is 18.7. The number of hydrogen-bond acceptors (Lipinski definition) is 2. The molecule has 0 amide bonds. The Balaban J connectivity index is 1.06. The van der Waals surface area contributed by atoms with Gasteiger partial charge in [-0.05, 0) is 97.9 Å². The van der Waals surface area contributed by atoms with Crippen LogP contribution in [-0.4, -0.2) is 24.2 Å². The minimum atomic E-state index is 0.737. The van der Waals surface area contributed by atoms with Crippen LogP contribution in [0.3, 0.4) is 0 Å². The van der Waals surface area contributed by atoms with E-state index in [0.717, 1.165) is 24.2 Å². The maximum absolute atomic E-state index is 2.86. The van der Waals surface area contributed by atoms with Crippen LogP contribution in [0.15, 0.2) is 72.8 Å². The minimum Gasteiger partial charge on any atom is -0.366 e. The van der Waals surface area contributed by atoms with E-state index in [1.165, 1.54) is 162 Å². The molecular formula is C42H56N2. The summed E-state index contributed by atoms with van der Waals surface area (Å²) in [6, 6.07) is 31.5. The summed E-state index contributed by atoms with van der Waals surface area (Å²) in [5.41, 5.74) is 8.22. The van der Waals surface area contributed by atoms with Gasteiger partial charge in [-0.25, -0.2) is 0 Å². The van der Waals surface area contributed by atoms with Crippen LogP contribution in [0, 0.1) is 0 Å². The highest BCUT2D eigenvalue weighted by molar-refractivity contribution is 5.72. The average Bonchev–Trinajstić information content (AvgIpc) is 3.11. The van der Waals surface area contributed by atoms with E-state index in [1.54, 1.807) is 0 Å².